The maximum atomic E-state index is 14.7. The van der Waals surface area contributed by atoms with Crippen molar-refractivity contribution in [1.82, 2.24) is 24.6 Å². The lowest BCUT2D eigenvalue weighted by Gasteiger charge is -2.39. The van der Waals surface area contributed by atoms with Gasteiger partial charge in [0.2, 0.25) is 0 Å². The molecule has 0 bridgehead atoms. The number of nitrogens with zero attached hydrogens (tertiary/aromatic N) is 5. The Morgan fingerprint density at radius 1 is 1.08 bits per heavy atom. The van der Waals surface area contributed by atoms with E-state index in [2.05, 4.69) is 10.1 Å². The summed E-state index contributed by atoms with van der Waals surface area (Å²) in [5, 5.41) is 16.2. The molecule has 0 aliphatic carbocycles. The second-order valence-corrected chi connectivity index (χ2v) is 9.31. The first-order chi connectivity index (χ1) is 17.7. The van der Waals surface area contributed by atoms with E-state index < -0.39 is 28.8 Å². The van der Waals surface area contributed by atoms with E-state index in [9.17, 15) is 23.5 Å². The van der Waals surface area contributed by atoms with Crippen LogP contribution in [0.25, 0.3) is 11.0 Å². The molecule has 1 fully saturated rings. The van der Waals surface area contributed by atoms with Gasteiger partial charge in [-0.2, -0.15) is 5.10 Å². The van der Waals surface area contributed by atoms with Crippen LogP contribution in [0.5, 0.6) is 0 Å². The summed E-state index contributed by atoms with van der Waals surface area (Å²) in [5.74, 6) is -2.04. The van der Waals surface area contributed by atoms with Gasteiger partial charge >= 0.3 is 5.63 Å². The number of carbonyl (C=O) groups is 1. The smallest absolute Gasteiger partial charge is 0.349 e. The molecule has 1 amide bonds. The van der Waals surface area contributed by atoms with Gasteiger partial charge in [0, 0.05) is 49.7 Å². The molecular formula is C26H25F2N5O4. The van der Waals surface area contributed by atoms with Crippen LogP contribution in [-0.4, -0.2) is 68.3 Å². The van der Waals surface area contributed by atoms with E-state index in [1.54, 1.807) is 17.0 Å². The van der Waals surface area contributed by atoms with Crippen molar-refractivity contribution >= 4 is 16.9 Å². The highest BCUT2D eigenvalue weighted by molar-refractivity contribution is 5.96. The molecule has 5 rings (SSSR count). The molecule has 2 aromatic carbocycles. The molecule has 192 valence electrons. The van der Waals surface area contributed by atoms with Crippen LogP contribution in [0.15, 0.2) is 64.3 Å². The fraction of sp³-hybridized carbons (Fsp3) is 0.308. The highest BCUT2D eigenvalue weighted by Gasteiger charge is 2.37. The van der Waals surface area contributed by atoms with E-state index in [-0.39, 0.29) is 37.3 Å². The number of aryl methyl sites for hydroxylation is 1. The molecule has 0 radical (unpaired) electrons. The Kier molecular flexibility index (Phi) is 6.57. The first-order valence-corrected chi connectivity index (χ1v) is 11.8. The van der Waals surface area contributed by atoms with E-state index in [0.29, 0.717) is 24.1 Å². The third-order valence-electron chi connectivity index (χ3n) is 6.59. The van der Waals surface area contributed by atoms with Crippen molar-refractivity contribution in [3.8, 4) is 0 Å². The second kappa shape index (κ2) is 9.83. The number of aliphatic hydroxyl groups is 1. The fourth-order valence-corrected chi connectivity index (χ4v) is 4.71. The average Bonchev–Trinajstić information content (AvgIpc) is 3.36. The number of rotatable bonds is 6. The molecule has 1 atom stereocenters. The van der Waals surface area contributed by atoms with Crippen LogP contribution < -0.4 is 5.63 Å². The number of piperazine rings is 1. The van der Waals surface area contributed by atoms with Gasteiger partial charge in [0.25, 0.3) is 5.91 Å². The van der Waals surface area contributed by atoms with Gasteiger partial charge < -0.3 is 14.4 Å². The summed E-state index contributed by atoms with van der Waals surface area (Å²) in [6, 6.07) is 9.97. The summed E-state index contributed by atoms with van der Waals surface area (Å²) < 4.78 is 35.0. The zero-order chi connectivity index (χ0) is 26.2. The minimum atomic E-state index is -1.74. The molecule has 3 heterocycles. The number of benzene rings is 2. The van der Waals surface area contributed by atoms with Gasteiger partial charge in [-0.25, -0.2) is 23.2 Å². The SMILES string of the molecule is Cc1ccc2oc(=O)c(C(=O)N3CCN(CC(O)(Cn4cncn4)c4ccc(F)cc4F)CC3)cc2c1. The normalized spacial score (nSPS) is 16.2. The van der Waals surface area contributed by atoms with Gasteiger partial charge in [0.15, 0.2) is 0 Å². The summed E-state index contributed by atoms with van der Waals surface area (Å²) in [6.45, 7) is 3.12. The number of halogens is 2. The lowest BCUT2D eigenvalue weighted by Crippen LogP contribution is -2.53. The molecule has 0 saturated carbocycles. The Morgan fingerprint density at radius 2 is 1.86 bits per heavy atom. The quantitative estimate of drug-likeness (QED) is 0.398. The number of hydrogen-bond donors (Lipinski definition) is 1. The van der Waals surface area contributed by atoms with Crippen molar-refractivity contribution in [3.63, 3.8) is 0 Å². The molecule has 4 aromatic rings. The van der Waals surface area contributed by atoms with Crippen LogP contribution in [0.4, 0.5) is 8.78 Å². The van der Waals surface area contributed by atoms with Gasteiger partial charge in [-0.3, -0.25) is 9.69 Å². The van der Waals surface area contributed by atoms with Gasteiger partial charge in [-0.1, -0.05) is 17.7 Å². The summed E-state index contributed by atoms with van der Waals surface area (Å²) in [4.78, 5) is 32.9. The van der Waals surface area contributed by atoms with Crippen molar-refractivity contribution in [2.45, 2.75) is 19.1 Å². The van der Waals surface area contributed by atoms with Gasteiger partial charge in [-0.05, 0) is 31.2 Å². The molecular weight excluding hydrogens is 484 g/mol. The lowest BCUT2D eigenvalue weighted by atomic mass is 9.92. The van der Waals surface area contributed by atoms with Gasteiger partial charge in [0.05, 0.1) is 6.54 Å². The van der Waals surface area contributed by atoms with Crippen LogP contribution in [0.2, 0.25) is 0 Å². The molecule has 11 heteroatoms. The Hall–Kier alpha value is -3.96. The second-order valence-electron chi connectivity index (χ2n) is 9.31. The molecule has 9 nitrogen and oxygen atoms in total. The summed E-state index contributed by atoms with van der Waals surface area (Å²) in [5.41, 5.74) is -1.15. The van der Waals surface area contributed by atoms with Crippen LogP contribution in [0.3, 0.4) is 0 Å². The van der Waals surface area contributed by atoms with Crippen molar-refractivity contribution < 1.29 is 23.1 Å². The molecule has 1 unspecified atom stereocenters. The predicted molar refractivity (Wildman–Crippen MR) is 130 cm³/mol. The van der Waals surface area contributed by atoms with Crippen molar-refractivity contribution in [1.29, 1.82) is 0 Å². The molecule has 1 aliphatic rings. The molecule has 0 spiro atoms. The monoisotopic (exact) mass is 509 g/mol. The van der Waals surface area contributed by atoms with Crippen LogP contribution in [0.1, 0.15) is 21.5 Å². The number of carbonyl (C=O) groups excluding carboxylic acids is 1. The third-order valence-corrected chi connectivity index (χ3v) is 6.59. The summed E-state index contributed by atoms with van der Waals surface area (Å²) in [6.07, 6.45) is 2.70. The van der Waals surface area contributed by atoms with Crippen LogP contribution in [0, 0.1) is 18.6 Å². The van der Waals surface area contributed by atoms with Crippen molar-refractivity contribution in [2.75, 3.05) is 32.7 Å². The van der Waals surface area contributed by atoms with E-state index in [0.717, 1.165) is 17.7 Å². The first kappa shape index (κ1) is 24.7. The van der Waals surface area contributed by atoms with Crippen LogP contribution in [-0.2, 0) is 12.1 Å². The zero-order valence-electron chi connectivity index (χ0n) is 20.1. The van der Waals surface area contributed by atoms with Crippen molar-refractivity contribution in [2.24, 2.45) is 0 Å². The van der Waals surface area contributed by atoms with Gasteiger partial charge in [-0.15, -0.1) is 0 Å². The lowest BCUT2D eigenvalue weighted by molar-refractivity contribution is -0.0302. The predicted octanol–water partition coefficient (Wildman–Crippen LogP) is 2.32. The molecule has 1 N–H and O–H groups in total. The number of aromatic nitrogens is 3. The molecule has 1 aliphatic heterocycles. The van der Waals surface area contributed by atoms with Crippen molar-refractivity contribution in [3.05, 3.63) is 93.9 Å². The topological polar surface area (TPSA) is 105 Å². The minimum absolute atomic E-state index is 0.00876. The number of hydrogen-bond acceptors (Lipinski definition) is 7. The van der Waals surface area contributed by atoms with E-state index >= 15 is 0 Å². The summed E-state index contributed by atoms with van der Waals surface area (Å²) in [7, 11) is 0. The molecule has 2 aromatic heterocycles. The Labute approximate surface area is 210 Å². The van der Waals surface area contributed by atoms with E-state index in [1.807, 2.05) is 24.0 Å². The molecule has 1 saturated heterocycles. The number of β-amino-alcohol motifs (C(OH)–C–C–N with tert-alkyl or cyclic N) is 1. The largest absolute Gasteiger partial charge is 0.422 e. The fourth-order valence-electron chi connectivity index (χ4n) is 4.71. The first-order valence-electron chi connectivity index (χ1n) is 11.8. The number of amides is 1. The minimum Gasteiger partial charge on any atom is -0.422 e. The maximum Gasteiger partial charge on any atom is 0.349 e. The Morgan fingerprint density at radius 3 is 2.57 bits per heavy atom. The highest BCUT2D eigenvalue weighted by atomic mass is 19.1. The maximum absolute atomic E-state index is 14.7. The van der Waals surface area contributed by atoms with Gasteiger partial charge in [0.1, 0.15) is 41.0 Å². The Bertz CT molecular complexity index is 1500. The highest BCUT2D eigenvalue weighted by Crippen LogP contribution is 2.28. The summed E-state index contributed by atoms with van der Waals surface area (Å²) >= 11 is 0. The zero-order valence-corrected chi connectivity index (χ0v) is 20.1. The van der Waals surface area contributed by atoms with E-state index in [1.165, 1.54) is 23.4 Å². The third kappa shape index (κ3) is 5.13. The standard InChI is InChI=1S/C26H25F2N5O4/c1-17-2-5-23-18(10-17)11-20(25(35)37-23)24(34)32-8-6-31(7-9-32)13-26(36,14-33-16-29-15-30-33)21-4-3-19(27)12-22(21)28/h2-5,10-12,15-16,36H,6-9,13-14H2,1H3. The van der Waals surface area contributed by atoms with E-state index in [4.69, 9.17) is 4.42 Å². The number of fused-ring (bicyclic) bond motifs is 1. The molecule has 37 heavy (non-hydrogen) atoms. The Balaban J connectivity index is 1.32. The average molecular weight is 510 g/mol. The van der Waals surface area contributed by atoms with Crippen LogP contribution >= 0.6 is 0 Å².